The smallest absolute Gasteiger partial charge is 0.251 e. The second kappa shape index (κ2) is 7.00. The number of nitrogens with one attached hydrogen (secondary N) is 3. The predicted molar refractivity (Wildman–Crippen MR) is 100 cm³/mol. The van der Waals surface area contributed by atoms with Crippen LogP contribution in [0.15, 0.2) is 23.1 Å². The highest BCUT2D eigenvalue weighted by molar-refractivity contribution is 8.00. The fourth-order valence-electron chi connectivity index (χ4n) is 4.45. The number of piperidine rings is 1. The van der Waals surface area contributed by atoms with E-state index in [1.807, 2.05) is 12.1 Å². The van der Waals surface area contributed by atoms with Crippen LogP contribution in [0.5, 0.6) is 0 Å². The Bertz CT molecular complexity index is 681. The maximum Gasteiger partial charge on any atom is 0.251 e. The Morgan fingerprint density at radius 3 is 2.84 bits per heavy atom. The number of rotatable bonds is 4. The number of amides is 2. The molecule has 3 aliphatic heterocycles. The average molecular weight is 359 g/mol. The first-order valence-corrected chi connectivity index (χ1v) is 10.2. The van der Waals surface area contributed by atoms with Crippen LogP contribution in [0.3, 0.4) is 0 Å². The first kappa shape index (κ1) is 16.9. The topological polar surface area (TPSA) is 70.2 Å². The van der Waals surface area contributed by atoms with E-state index < -0.39 is 0 Å². The zero-order valence-electron chi connectivity index (χ0n) is 14.5. The van der Waals surface area contributed by atoms with Crippen molar-refractivity contribution in [1.29, 1.82) is 0 Å². The van der Waals surface area contributed by atoms with E-state index in [1.165, 1.54) is 37.4 Å². The first-order valence-electron chi connectivity index (χ1n) is 9.20. The van der Waals surface area contributed by atoms with E-state index in [4.69, 9.17) is 0 Å². The SMILES string of the molecule is CC(CC1CC2CCC(C1)N2)NC(=O)c1ccc2c(c1)SCC(=O)N2. The van der Waals surface area contributed by atoms with Gasteiger partial charge in [0.1, 0.15) is 0 Å². The van der Waals surface area contributed by atoms with Crippen molar-refractivity contribution in [3.8, 4) is 0 Å². The van der Waals surface area contributed by atoms with Crippen molar-refractivity contribution in [2.45, 2.75) is 62.0 Å². The zero-order chi connectivity index (χ0) is 17.4. The lowest BCUT2D eigenvalue weighted by molar-refractivity contribution is -0.113. The predicted octanol–water partition coefficient (Wildman–Crippen LogP) is 2.77. The summed E-state index contributed by atoms with van der Waals surface area (Å²) in [5.41, 5.74) is 1.47. The van der Waals surface area contributed by atoms with E-state index >= 15 is 0 Å². The van der Waals surface area contributed by atoms with E-state index in [9.17, 15) is 9.59 Å². The molecule has 3 atom stereocenters. The molecule has 2 fully saturated rings. The normalized spacial score (nSPS) is 28.8. The summed E-state index contributed by atoms with van der Waals surface area (Å²) in [5, 5.41) is 9.66. The maximum atomic E-state index is 12.6. The van der Waals surface area contributed by atoms with Crippen LogP contribution in [0.2, 0.25) is 0 Å². The molecule has 2 amide bonds. The van der Waals surface area contributed by atoms with Gasteiger partial charge in [-0.15, -0.1) is 11.8 Å². The number of carbonyl (C=O) groups excluding carboxylic acids is 2. The Morgan fingerprint density at radius 1 is 1.32 bits per heavy atom. The lowest BCUT2D eigenvalue weighted by Crippen LogP contribution is -2.41. The van der Waals surface area contributed by atoms with Gasteiger partial charge in [-0.2, -0.15) is 0 Å². The summed E-state index contributed by atoms with van der Waals surface area (Å²) in [7, 11) is 0. The van der Waals surface area contributed by atoms with E-state index in [0.29, 0.717) is 29.3 Å². The van der Waals surface area contributed by atoms with Crippen LogP contribution in [-0.2, 0) is 4.79 Å². The summed E-state index contributed by atoms with van der Waals surface area (Å²) in [6.07, 6.45) is 6.16. The van der Waals surface area contributed by atoms with Crippen molar-refractivity contribution in [1.82, 2.24) is 10.6 Å². The van der Waals surface area contributed by atoms with Crippen molar-refractivity contribution >= 4 is 29.3 Å². The van der Waals surface area contributed by atoms with Gasteiger partial charge < -0.3 is 16.0 Å². The van der Waals surface area contributed by atoms with Gasteiger partial charge in [-0.25, -0.2) is 0 Å². The van der Waals surface area contributed by atoms with Gasteiger partial charge in [-0.05, 0) is 63.1 Å². The largest absolute Gasteiger partial charge is 0.350 e. The average Bonchev–Trinajstić information content (AvgIpc) is 2.92. The molecular formula is C19H25N3O2S. The number of carbonyl (C=O) groups is 2. The minimum atomic E-state index is -0.0234. The standard InChI is InChI=1S/C19H25N3O2S/c1-11(6-12-7-14-3-4-15(8-12)21-14)20-19(24)13-2-5-16-17(9-13)25-10-18(23)22-16/h2,5,9,11-12,14-15,21H,3-4,6-8,10H2,1H3,(H,20,24)(H,22,23). The highest BCUT2D eigenvalue weighted by atomic mass is 32.2. The van der Waals surface area contributed by atoms with Crippen LogP contribution >= 0.6 is 11.8 Å². The van der Waals surface area contributed by atoms with Crippen LogP contribution in [0.1, 0.15) is 49.4 Å². The van der Waals surface area contributed by atoms with Gasteiger partial charge in [0.2, 0.25) is 5.91 Å². The molecule has 1 aromatic carbocycles. The molecule has 0 saturated carbocycles. The van der Waals surface area contributed by atoms with Crippen LogP contribution in [-0.4, -0.2) is 35.7 Å². The van der Waals surface area contributed by atoms with Gasteiger partial charge >= 0.3 is 0 Å². The molecular weight excluding hydrogens is 334 g/mol. The summed E-state index contributed by atoms with van der Waals surface area (Å²) < 4.78 is 0. The zero-order valence-corrected chi connectivity index (χ0v) is 15.3. The number of benzene rings is 1. The number of fused-ring (bicyclic) bond motifs is 3. The fraction of sp³-hybridized carbons (Fsp3) is 0.579. The monoisotopic (exact) mass is 359 g/mol. The van der Waals surface area contributed by atoms with Crippen LogP contribution in [0, 0.1) is 5.92 Å². The molecule has 5 nitrogen and oxygen atoms in total. The molecule has 3 heterocycles. The van der Waals surface area contributed by atoms with Crippen LogP contribution in [0.25, 0.3) is 0 Å². The highest BCUT2D eigenvalue weighted by Gasteiger charge is 2.34. The molecule has 0 aliphatic carbocycles. The second-order valence-electron chi connectivity index (χ2n) is 7.63. The third kappa shape index (κ3) is 3.85. The molecule has 25 heavy (non-hydrogen) atoms. The Hall–Kier alpha value is -1.53. The van der Waals surface area contributed by atoms with Crippen molar-refractivity contribution < 1.29 is 9.59 Å². The van der Waals surface area contributed by atoms with Gasteiger partial charge in [-0.1, -0.05) is 0 Å². The quantitative estimate of drug-likeness (QED) is 0.773. The summed E-state index contributed by atoms with van der Waals surface area (Å²) in [6, 6.07) is 7.06. The fourth-order valence-corrected chi connectivity index (χ4v) is 5.29. The van der Waals surface area contributed by atoms with Crippen LogP contribution in [0.4, 0.5) is 5.69 Å². The number of thioether (sulfide) groups is 1. The molecule has 134 valence electrons. The highest BCUT2D eigenvalue weighted by Crippen LogP contribution is 2.34. The van der Waals surface area contributed by atoms with E-state index in [2.05, 4.69) is 22.9 Å². The molecule has 3 aliphatic rings. The third-order valence-corrected chi connectivity index (χ3v) is 6.57. The van der Waals surface area contributed by atoms with Gasteiger partial charge in [-0.3, -0.25) is 9.59 Å². The molecule has 0 radical (unpaired) electrons. The Balaban J connectivity index is 1.34. The minimum Gasteiger partial charge on any atom is -0.350 e. The summed E-state index contributed by atoms with van der Waals surface area (Å²) in [4.78, 5) is 24.9. The molecule has 2 saturated heterocycles. The summed E-state index contributed by atoms with van der Waals surface area (Å²) in [5.74, 6) is 1.11. The molecule has 1 aromatic rings. The van der Waals surface area contributed by atoms with Crippen molar-refractivity contribution in [2.75, 3.05) is 11.1 Å². The first-order chi connectivity index (χ1) is 12.1. The number of hydrogen-bond acceptors (Lipinski definition) is 4. The molecule has 6 heteroatoms. The molecule has 0 aromatic heterocycles. The lowest BCUT2D eigenvalue weighted by atomic mass is 9.87. The Kier molecular flexibility index (Phi) is 4.73. The Labute approximate surface area is 152 Å². The maximum absolute atomic E-state index is 12.6. The lowest BCUT2D eigenvalue weighted by Gasteiger charge is -2.31. The van der Waals surface area contributed by atoms with Gasteiger partial charge in [0.15, 0.2) is 0 Å². The van der Waals surface area contributed by atoms with Crippen LogP contribution < -0.4 is 16.0 Å². The molecule has 3 N–H and O–H groups in total. The minimum absolute atomic E-state index is 0.0132. The van der Waals surface area contributed by atoms with E-state index in [1.54, 1.807) is 6.07 Å². The Morgan fingerprint density at radius 2 is 2.08 bits per heavy atom. The summed E-state index contributed by atoms with van der Waals surface area (Å²) in [6.45, 7) is 2.11. The van der Waals surface area contributed by atoms with Gasteiger partial charge in [0.25, 0.3) is 5.91 Å². The van der Waals surface area contributed by atoms with Crippen molar-refractivity contribution in [2.24, 2.45) is 5.92 Å². The van der Waals surface area contributed by atoms with Crippen molar-refractivity contribution in [3.05, 3.63) is 23.8 Å². The summed E-state index contributed by atoms with van der Waals surface area (Å²) >= 11 is 1.48. The molecule has 4 rings (SSSR count). The molecule has 0 spiro atoms. The van der Waals surface area contributed by atoms with E-state index in [-0.39, 0.29) is 17.9 Å². The number of hydrogen-bond donors (Lipinski definition) is 3. The molecule has 3 unspecified atom stereocenters. The van der Waals surface area contributed by atoms with E-state index in [0.717, 1.165) is 17.0 Å². The third-order valence-electron chi connectivity index (χ3n) is 5.51. The van der Waals surface area contributed by atoms with Gasteiger partial charge in [0, 0.05) is 28.6 Å². The second-order valence-corrected chi connectivity index (χ2v) is 8.65. The number of anilines is 1. The molecule has 2 bridgehead atoms. The van der Waals surface area contributed by atoms with Gasteiger partial charge in [0.05, 0.1) is 11.4 Å². The van der Waals surface area contributed by atoms with Crippen molar-refractivity contribution in [3.63, 3.8) is 0 Å².